The van der Waals surface area contributed by atoms with Crippen molar-refractivity contribution in [1.82, 2.24) is 15.3 Å². The van der Waals surface area contributed by atoms with Crippen molar-refractivity contribution in [2.45, 2.75) is 0 Å². The number of aldehydes is 1. The van der Waals surface area contributed by atoms with Crippen LogP contribution in [0.2, 0.25) is 0 Å². The maximum Gasteiger partial charge on any atom is 0.253 e. The molecule has 0 unspecified atom stereocenters. The highest BCUT2D eigenvalue weighted by Gasteiger charge is 2.19. The number of carbonyl (C=O) groups is 2. The number of nitrogens with zero attached hydrogens (tertiary/aromatic N) is 2. The summed E-state index contributed by atoms with van der Waals surface area (Å²) in [6.07, 6.45) is 0.372. The summed E-state index contributed by atoms with van der Waals surface area (Å²) in [6.45, 7) is 0. The summed E-state index contributed by atoms with van der Waals surface area (Å²) in [5, 5.41) is 32.1. The minimum atomic E-state index is -0.458. The predicted molar refractivity (Wildman–Crippen MR) is 80.8 cm³/mol. The Balaban J connectivity index is 2.54. The van der Waals surface area contributed by atoms with E-state index in [0.717, 1.165) is 6.07 Å². The Morgan fingerprint density at radius 2 is 1.65 bits per heavy atom. The summed E-state index contributed by atoms with van der Waals surface area (Å²) < 4.78 is 0. The summed E-state index contributed by atoms with van der Waals surface area (Å²) in [5.41, 5.74) is -0.115. The molecule has 0 aliphatic carbocycles. The first-order chi connectivity index (χ1) is 11.0. The van der Waals surface area contributed by atoms with Crippen molar-refractivity contribution in [3.63, 3.8) is 0 Å². The number of aromatic nitrogens is 2. The van der Waals surface area contributed by atoms with Crippen LogP contribution >= 0.6 is 0 Å². The second kappa shape index (κ2) is 5.09. The number of fused-ring (bicyclic) bond motifs is 2. The summed E-state index contributed by atoms with van der Waals surface area (Å²) in [7, 11) is 1.44. The number of phenolic OH excluding ortho intramolecular Hbond substituents is 3. The second-order valence-corrected chi connectivity index (χ2v) is 4.78. The second-order valence-electron chi connectivity index (χ2n) is 4.78. The van der Waals surface area contributed by atoms with E-state index < -0.39 is 17.4 Å². The number of amides is 1. The molecule has 3 rings (SSSR count). The number of hydrogen-bond acceptors (Lipinski definition) is 7. The molecule has 0 atom stereocenters. The van der Waals surface area contributed by atoms with Gasteiger partial charge >= 0.3 is 0 Å². The van der Waals surface area contributed by atoms with Crippen molar-refractivity contribution in [3.8, 4) is 17.2 Å². The lowest BCUT2D eigenvalue weighted by atomic mass is 10.1. The van der Waals surface area contributed by atoms with Gasteiger partial charge in [0.05, 0.1) is 11.1 Å². The van der Waals surface area contributed by atoms with Gasteiger partial charge < -0.3 is 20.6 Å². The normalized spacial score (nSPS) is 10.8. The zero-order valence-corrected chi connectivity index (χ0v) is 11.9. The fourth-order valence-electron chi connectivity index (χ4n) is 2.32. The maximum absolute atomic E-state index is 11.9. The minimum Gasteiger partial charge on any atom is -0.507 e. The standard InChI is InChI=1S/C15H11N3O5/c1-16-15(23)6-2-3-8(20)13-11(6)17-14-10(22)4-9(21)7(5-19)12(14)18-13/h2-5,20-22H,1H3,(H,16,23). The van der Waals surface area contributed by atoms with Gasteiger partial charge in [-0.25, -0.2) is 9.97 Å². The molecule has 0 spiro atoms. The van der Waals surface area contributed by atoms with Gasteiger partial charge in [0.2, 0.25) is 0 Å². The van der Waals surface area contributed by atoms with Gasteiger partial charge in [0, 0.05) is 13.1 Å². The summed E-state index contributed by atoms with van der Waals surface area (Å²) in [5.74, 6) is -1.55. The lowest BCUT2D eigenvalue weighted by Gasteiger charge is -2.10. The van der Waals surface area contributed by atoms with Crippen LogP contribution in [0.25, 0.3) is 22.1 Å². The van der Waals surface area contributed by atoms with E-state index in [0.29, 0.717) is 6.29 Å². The molecule has 0 aliphatic heterocycles. The fraction of sp³-hybridized carbons (Fsp3) is 0.0667. The van der Waals surface area contributed by atoms with Crippen molar-refractivity contribution >= 4 is 34.3 Å². The van der Waals surface area contributed by atoms with Gasteiger partial charge in [0.25, 0.3) is 5.91 Å². The van der Waals surface area contributed by atoms with Crippen molar-refractivity contribution < 1.29 is 24.9 Å². The van der Waals surface area contributed by atoms with Crippen molar-refractivity contribution in [2.24, 2.45) is 0 Å². The van der Waals surface area contributed by atoms with E-state index in [1.54, 1.807) is 0 Å². The Kier molecular flexibility index (Phi) is 3.21. The Morgan fingerprint density at radius 1 is 1.00 bits per heavy atom. The molecular weight excluding hydrogens is 302 g/mol. The molecular formula is C15H11N3O5. The first kappa shape index (κ1) is 14.5. The van der Waals surface area contributed by atoms with Crippen LogP contribution in [-0.4, -0.2) is 44.5 Å². The lowest BCUT2D eigenvalue weighted by molar-refractivity contribution is 0.0964. The topological polar surface area (TPSA) is 133 Å². The molecule has 0 saturated carbocycles. The van der Waals surface area contributed by atoms with Crippen LogP contribution in [0.3, 0.4) is 0 Å². The van der Waals surface area contributed by atoms with Gasteiger partial charge in [-0.15, -0.1) is 0 Å². The summed E-state index contributed by atoms with van der Waals surface area (Å²) in [4.78, 5) is 31.3. The average molecular weight is 313 g/mol. The maximum atomic E-state index is 11.9. The van der Waals surface area contributed by atoms with E-state index in [4.69, 9.17) is 0 Å². The smallest absolute Gasteiger partial charge is 0.253 e. The molecule has 0 fully saturated rings. The Morgan fingerprint density at radius 3 is 2.30 bits per heavy atom. The third-order valence-electron chi connectivity index (χ3n) is 3.44. The highest BCUT2D eigenvalue weighted by molar-refractivity contribution is 6.09. The molecule has 2 aromatic carbocycles. The van der Waals surface area contributed by atoms with Gasteiger partial charge in [-0.2, -0.15) is 0 Å². The van der Waals surface area contributed by atoms with Gasteiger partial charge in [-0.05, 0) is 12.1 Å². The molecule has 0 aliphatic rings. The molecule has 8 heteroatoms. The Labute approximate surface area is 129 Å². The van der Waals surface area contributed by atoms with E-state index in [-0.39, 0.29) is 38.9 Å². The van der Waals surface area contributed by atoms with Crippen LogP contribution in [0.1, 0.15) is 20.7 Å². The number of hydrogen-bond donors (Lipinski definition) is 4. The molecule has 1 aromatic heterocycles. The number of aromatic hydroxyl groups is 3. The number of phenols is 3. The third kappa shape index (κ3) is 2.08. The highest BCUT2D eigenvalue weighted by Crippen LogP contribution is 2.35. The van der Waals surface area contributed by atoms with Crippen LogP contribution in [0.5, 0.6) is 17.2 Å². The van der Waals surface area contributed by atoms with Crippen LogP contribution in [-0.2, 0) is 0 Å². The minimum absolute atomic E-state index is 0.0216. The molecule has 0 bridgehead atoms. The monoisotopic (exact) mass is 313 g/mol. The zero-order chi connectivity index (χ0) is 16.7. The molecule has 8 nitrogen and oxygen atoms in total. The predicted octanol–water partition coefficient (Wildman–Crippen LogP) is 1.07. The highest BCUT2D eigenvalue weighted by atomic mass is 16.3. The van der Waals surface area contributed by atoms with E-state index in [1.807, 2.05) is 0 Å². The summed E-state index contributed by atoms with van der Waals surface area (Å²) in [6, 6.07) is 3.61. The fourth-order valence-corrected chi connectivity index (χ4v) is 2.32. The van der Waals surface area contributed by atoms with Gasteiger partial charge in [-0.3, -0.25) is 9.59 Å². The average Bonchev–Trinajstić information content (AvgIpc) is 2.54. The van der Waals surface area contributed by atoms with Gasteiger partial charge in [-0.1, -0.05) is 0 Å². The first-order valence-electron chi connectivity index (χ1n) is 6.53. The van der Waals surface area contributed by atoms with E-state index in [1.165, 1.54) is 19.2 Å². The third-order valence-corrected chi connectivity index (χ3v) is 3.44. The molecule has 116 valence electrons. The number of rotatable bonds is 2. The molecule has 1 amide bonds. The van der Waals surface area contributed by atoms with Gasteiger partial charge in [0.15, 0.2) is 6.29 Å². The van der Waals surface area contributed by atoms with Crippen LogP contribution < -0.4 is 5.32 Å². The Hall–Kier alpha value is -3.42. The van der Waals surface area contributed by atoms with E-state index >= 15 is 0 Å². The number of benzene rings is 2. The van der Waals surface area contributed by atoms with Crippen molar-refractivity contribution in [3.05, 3.63) is 29.3 Å². The molecule has 23 heavy (non-hydrogen) atoms. The van der Waals surface area contributed by atoms with E-state index in [9.17, 15) is 24.9 Å². The number of nitrogens with one attached hydrogen (secondary N) is 1. The van der Waals surface area contributed by atoms with Crippen LogP contribution in [0, 0.1) is 0 Å². The van der Waals surface area contributed by atoms with Crippen LogP contribution in [0.4, 0.5) is 0 Å². The van der Waals surface area contributed by atoms with Crippen molar-refractivity contribution in [2.75, 3.05) is 7.05 Å². The largest absolute Gasteiger partial charge is 0.507 e. The molecule has 3 aromatic rings. The SMILES string of the molecule is CNC(=O)c1ccc(O)c2nc3c(C=O)c(O)cc(O)c3nc12. The lowest BCUT2D eigenvalue weighted by Crippen LogP contribution is -2.18. The zero-order valence-electron chi connectivity index (χ0n) is 11.9. The molecule has 0 saturated heterocycles. The molecule has 1 heterocycles. The quantitative estimate of drug-likeness (QED) is 0.411. The summed E-state index contributed by atoms with van der Waals surface area (Å²) >= 11 is 0. The first-order valence-corrected chi connectivity index (χ1v) is 6.53. The van der Waals surface area contributed by atoms with Crippen LogP contribution in [0.15, 0.2) is 18.2 Å². The molecule has 4 N–H and O–H groups in total. The van der Waals surface area contributed by atoms with Gasteiger partial charge in [0.1, 0.15) is 39.3 Å². The number of carbonyl (C=O) groups excluding carboxylic acids is 2. The Bertz CT molecular complexity index is 984. The van der Waals surface area contributed by atoms with E-state index in [2.05, 4.69) is 15.3 Å². The molecule has 0 radical (unpaired) electrons. The van der Waals surface area contributed by atoms with Crippen molar-refractivity contribution in [1.29, 1.82) is 0 Å².